The summed E-state index contributed by atoms with van der Waals surface area (Å²) in [6, 6.07) is 11.7. The number of benzene rings is 2. The van der Waals surface area contributed by atoms with Crippen LogP contribution in [0.3, 0.4) is 0 Å². The molecule has 1 N–H and O–H groups in total. The maximum absolute atomic E-state index is 14.9. The van der Waals surface area contributed by atoms with Gasteiger partial charge in [-0.2, -0.15) is 0 Å². The zero-order chi connectivity index (χ0) is 30.7. The molecule has 5 rings (SSSR count). The minimum absolute atomic E-state index is 0.0733. The second-order valence-electron chi connectivity index (χ2n) is 12.5. The lowest BCUT2D eigenvalue weighted by Crippen LogP contribution is -2.40. The number of piperidine rings is 1. The van der Waals surface area contributed by atoms with Gasteiger partial charge >= 0.3 is 5.97 Å². The Hall–Kier alpha value is -3.79. The van der Waals surface area contributed by atoms with Crippen LogP contribution in [0.4, 0.5) is 20.4 Å². The summed E-state index contributed by atoms with van der Waals surface area (Å²) in [6.45, 7) is 11.3. The minimum Gasteiger partial charge on any atom is -0.466 e. The van der Waals surface area contributed by atoms with E-state index in [1.807, 2.05) is 29.8 Å². The van der Waals surface area contributed by atoms with Gasteiger partial charge in [0.15, 0.2) is 0 Å². The fourth-order valence-corrected chi connectivity index (χ4v) is 6.25. The van der Waals surface area contributed by atoms with Crippen LogP contribution in [0, 0.1) is 23.5 Å². The molecule has 2 aromatic carbocycles. The van der Waals surface area contributed by atoms with Crippen LogP contribution >= 0.6 is 0 Å². The van der Waals surface area contributed by atoms with E-state index in [-0.39, 0.29) is 23.3 Å². The van der Waals surface area contributed by atoms with Crippen molar-refractivity contribution in [2.24, 2.45) is 11.8 Å². The van der Waals surface area contributed by atoms with Crippen LogP contribution in [-0.2, 0) is 20.9 Å². The Bertz CT molecular complexity index is 1440. The molecule has 8 nitrogen and oxygen atoms in total. The number of esters is 1. The fraction of sp³-hybridized carbons (Fsp3) is 0.485. The second kappa shape index (κ2) is 12.8. The van der Waals surface area contributed by atoms with Gasteiger partial charge < -0.3 is 14.2 Å². The molecular formula is C33H41F2N5O3. The van der Waals surface area contributed by atoms with Crippen LogP contribution in [-0.4, -0.2) is 64.7 Å². The maximum Gasteiger partial charge on any atom is 0.309 e. The average molecular weight is 594 g/mol. The number of anilines is 2. The summed E-state index contributed by atoms with van der Waals surface area (Å²) >= 11 is 0. The summed E-state index contributed by atoms with van der Waals surface area (Å²) < 4.78 is 35.7. The van der Waals surface area contributed by atoms with E-state index in [1.54, 1.807) is 6.20 Å². The second-order valence-corrected chi connectivity index (χ2v) is 12.5. The number of carbonyl (C=O) groups is 2. The van der Waals surface area contributed by atoms with Crippen LogP contribution in [0.2, 0.25) is 0 Å². The topological polar surface area (TPSA) is 79.7 Å². The number of nitrogens with zero attached hydrogens (tertiary/aromatic N) is 4. The van der Waals surface area contributed by atoms with Crippen molar-refractivity contribution < 1.29 is 23.1 Å². The third-order valence-corrected chi connectivity index (χ3v) is 8.71. The quantitative estimate of drug-likeness (QED) is 0.351. The number of carbonyl (C=O) groups excluding carboxylic acids is 2. The van der Waals surface area contributed by atoms with Crippen LogP contribution in [0.25, 0.3) is 0 Å². The molecule has 0 saturated carbocycles. The van der Waals surface area contributed by atoms with Gasteiger partial charge in [0.2, 0.25) is 11.9 Å². The fourth-order valence-electron chi connectivity index (χ4n) is 6.25. The highest BCUT2D eigenvalue weighted by molar-refractivity contribution is 5.92. The van der Waals surface area contributed by atoms with Gasteiger partial charge in [-0.15, -0.1) is 0 Å². The van der Waals surface area contributed by atoms with Crippen molar-refractivity contribution in [3.63, 3.8) is 0 Å². The van der Waals surface area contributed by atoms with Crippen LogP contribution in [0.1, 0.15) is 57.6 Å². The Labute approximate surface area is 252 Å². The number of aromatic nitrogens is 2. The van der Waals surface area contributed by atoms with Crippen molar-refractivity contribution >= 4 is 23.5 Å². The van der Waals surface area contributed by atoms with E-state index in [2.05, 4.69) is 53.0 Å². The minimum atomic E-state index is -0.640. The van der Waals surface area contributed by atoms with Gasteiger partial charge in [-0.1, -0.05) is 24.3 Å². The Morgan fingerprint density at radius 2 is 1.81 bits per heavy atom. The monoisotopic (exact) mass is 593 g/mol. The van der Waals surface area contributed by atoms with Crippen molar-refractivity contribution in [2.45, 2.75) is 58.5 Å². The number of hydrogen-bond donors (Lipinski definition) is 1. The van der Waals surface area contributed by atoms with Crippen molar-refractivity contribution in [2.75, 3.05) is 43.0 Å². The highest BCUT2D eigenvalue weighted by Crippen LogP contribution is 2.38. The molecule has 0 aliphatic carbocycles. The van der Waals surface area contributed by atoms with Crippen molar-refractivity contribution in [3.8, 4) is 0 Å². The van der Waals surface area contributed by atoms with Crippen LogP contribution in [0.15, 0.2) is 54.9 Å². The SMILES string of the molecule is CCOC(=O)C1CCN(c2ccccc2Cn2ccnc2NC(=O)[C@@H]2CN(C(C)(C)C)C[C@H]2c2ccc(F)cc2F)CC1. The lowest BCUT2D eigenvalue weighted by Gasteiger charge is -2.34. The summed E-state index contributed by atoms with van der Waals surface area (Å²) in [5.74, 6) is -2.28. The predicted molar refractivity (Wildman–Crippen MR) is 162 cm³/mol. The summed E-state index contributed by atoms with van der Waals surface area (Å²) in [6.07, 6.45) is 4.95. The van der Waals surface area contributed by atoms with Crippen molar-refractivity contribution in [3.05, 3.63) is 77.6 Å². The molecule has 3 heterocycles. The molecule has 2 saturated heterocycles. The normalized spacial score (nSPS) is 19.9. The Morgan fingerprint density at radius 3 is 2.51 bits per heavy atom. The number of hydrogen-bond acceptors (Lipinski definition) is 6. The average Bonchev–Trinajstić information content (AvgIpc) is 3.61. The molecular weight excluding hydrogens is 552 g/mol. The maximum atomic E-state index is 14.9. The molecule has 2 aliphatic heterocycles. The van der Waals surface area contributed by atoms with Crippen molar-refractivity contribution in [1.29, 1.82) is 0 Å². The Kier molecular flexibility index (Phi) is 9.15. The molecule has 1 amide bonds. The van der Waals surface area contributed by atoms with E-state index < -0.39 is 23.5 Å². The molecule has 2 fully saturated rings. The predicted octanol–water partition coefficient (Wildman–Crippen LogP) is 5.44. The van der Waals surface area contributed by atoms with Gasteiger partial charge in [0.1, 0.15) is 11.6 Å². The summed E-state index contributed by atoms with van der Waals surface area (Å²) in [5.41, 5.74) is 2.27. The molecule has 0 bridgehead atoms. The number of halogens is 2. The smallest absolute Gasteiger partial charge is 0.309 e. The number of para-hydroxylation sites is 1. The molecule has 0 spiro atoms. The van der Waals surface area contributed by atoms with Crippen LogP contribution in [0.5, 0.6) is 0 Å². The molecule has 0 unspecified atom stereocenters. The standard InChI is InChI=1S/C33H41F2N5O3/c1-5-43-31(42)22-12-15-38(16-13-22)29-9-7-6-8-23(29)19-39-17-14-36-32(39)37-30(41)27-21-40(33(2,3)4)20-26(27)25-11-10-24(34)18-28(25)35/h6-11,14,17-18,22,26-27H,5,12-13,15-16,19-21H2,1-4H3,(H,36,37,41)/t26-,27+/m0/s1. The van der Waals surface area contributed by atoms with Gasteiger partial charge in [-0.05, 0) is 63.8 Å². The largest absolute Gasteiger partial charge is 0.466 e. The van der Waals surface area contributed by atoms with Gasteiger partial charge in [0.25, 0.3) is 0 Å². The van der Waals surface area contributed by atoms with E-state index in [4.69, 9.17) is 4.74 Å². The number of ether oxygens (including phenoxy) is 1. The number of amides is 1. The third-order valence-electron chi connectivity index (χ3n) is 8.71. The van der Waals surface area contributed by atoms with Crippen molar-refractivity contribution in [1.82, 2.24) is 14.5 Å². The van der Waals surface area contributed by atoms with E-state index in [9.17, 15) is 18.4 Å². The number of likely N-dealkylation sites (tertiary alicyclic amines) is 1. The lowest BCUT2D eigenvalue weighted by molar-refractivity contribution is -0.148. The summed E-state index contributed by atoms with van der Waals surface area (Å²) in [5, 5.41) is 3.01. The number of nitrogens with one attached hydrogen (secondary N) is 1. The van der Waals surface area contributed by atoms with E-state index >= 15 is 0 Å². The Balaban J connectivity index is 1.31. The molecule has 2 aliphatic rings. The summed E-state index contributed by atoms with van der Waals surface area (Å²) in [4.78, 5) is 34.9. The number of imidazole rings is 1. The zero-order valence-electron chi connectivity index (χ0n) is 25.4. The first-order chi connectivity index (χ1) is 20.5. The van der Waals surface area contributed by atoms with E-state index in [0.29, 0.717) is 37.8 Å². The van der Waals surface area contributed by atoms with Gasteiger partial charge in [0, 0.05) is 61.8 Å². The van der Waals surface area contributed by atoms with E-state index in [0.717, 1.165) is 43.2 Å². The zero-order valence-corrected chi connectivity index (χ0v) is 25.4. The van der Waals surface area contributed by atoms with Gasteiger partial charge in [-0.3, -0.25) is 19.8 Å². The first-order valence-corrected chi connectivity index (χ1v) is 15.1. The van der Waals surface area contributed by atoms with Gasteiger partial charge in [-0.25, -0.2) is 13.8 Å². The summed E-state index contributed by atoms with van der Waals surface area (Å²) in [7, 11) is 0. The molecule has 230 valence electrons. The third kappa shape index (κ3) is 6.90. The lowest BCUT2D eigenvalue weighted by atomic mass is 9.88. The molecule has 1 aromatic heterocycles. The highest BCUT2D eigenvalue weighted by Gasteiger charge is 2.43. The highest BCUT2D eigenvalue weighted by atomic mass is 19.1. The number of rotatable bonds is 8. The van der Waals surface area contributed by atoms with Crippen LogP contribution < -0.4 is 10.2 Å². The van der Waals surface area contributed by atoms with E-state index in [1.165, 1.54) is 12.1 Å². The Morgan fingerprint density at radius 1 is 1.07 bits per heavy atom. The first-order valence-electron chi connectivity index (χ1n) is 15.1. The molecule has 2 atom stereocenters. The molecule has 0 radical (unpaired) electrons. The van der Waals surface area contributed by atoms with Gasteiger partial charge in [0.05, 0.1) is 25.0 Å². The molecule has 3 aromatic rings. The molecule has 43 heavy (non-hydrogen) atoms. The first kappa shape index (κ1) is 30.7. The molecule has 10 heteroatoms.